The van der Waals surface area contributed by atoms with Gasteiger partial charge in [-0.1, -0.05) is 35.8 Å². The Morgan fingerprint density at radius 1 is 1.43 bits per heavy atom. The molecular formula is C17H26BrNO2. The molecule has 0 spiro atoms. The molecule has 21 heavy (non-hydrogen) atoms. The Morgan fingerprint density at radius 2 is 2.24 bits per heavy atom. The lowest BCUT2D eigenvalue weighted by Gasteiger charge is -2.28. The quantitative estimate of drug-likeness (QED) is 0.824. The Kier molecular flexibility index (Phi) is 6.08. The van der Waals surface area contributed by atoms with Crippen LogP contribution in [0.25, 0.3) is 0 Å². The van der Waals surface area contributed by atoms with E-state index in [2.05, 4.69) is 53.3 Å². The van der Waals surface area contributed by atoms with Gasteiger partial charge in [-0.2, -0.15) is 0 Å². The Hall–Kier alpha value is -0.580. The molecule has 0 saturated heterocycles. The highest BCUT2D eigenvalue weighted by Crippen LogP contribution is 2.34. The number of hydrogen-bond acceptors (Lipinski definition) is 3. The van der Waals surface area contributed by atoms with E-state index in [0.29, 0.717) is 6.04 Å². The third-order valence-electron chi connectivity index (χ3n) is 4.06. The minimum Gasteiger partial charge on any atom is -0.493 e. The molecule has 3 nitrogen and oxygen atoms in total. The van der Waals surface area contributed by atoms with Gasteiger partial charge in [0, 0.05) is 36.3 Å². The summed E-state index contributed by atoms with van der Waals surface area (Å²) in [7, 11) is 1.76. The molecule has 0 bridgehead atoms. The van der Waals surface area contributed by atoms with Crippen LogP contribution in [0, 0.1) is 5.41 Å². The fraction of sp³-hybridized carbons (Fsp3) is 0.647. The molecule has 0 amide bonds. The van der Waals surface area contributed by atoms with E-state index in [-0.39, 0.29) is 5.41 Å². The van der Waals surface area contributed by atoms with Crippen molar-refractivity contribution in [1.82, 2.24) is 5.32 Å². The molecule has 0 aromatic heterocycles. The maximum absolute atomic E-state index is 5.87. The second-order valence-corrected chi connectivity index (χ2v) is 7.43. The number of fused-ring (bicyclic) bond motifs is 1. The Labute approximate surface area is 136 Å². The Bertz CT molecular complexity index is 462. The lowest BCUT2D eigenvalue weighted by atomic mass is 9.88. The zero-order chi connectivity index (χ0) is 15.3. The van der Waals surface area contributed by atoms with Crippen LogP contribution in [-0.2, 0) is 4.74 Å². The zero-order valence-electron chi connectivity index (χ0n) is 13.2. The third kappa shape index (κ3) is 4.97. The van der Waals surface area contributed by atoms with Crippen molar-refractivity contribution in [2.45, 2.75) is 39.2 Å². The van der Waals surface area contributed by atoms with E-state index in [4.69, 9.17) is 9.47 Å². The van der Waals surface area contributed by atoms with Crippen LogP contribution in [0.2, 0.25) is 0 Å². The van der Waals surface area contributed by atoms with Crippen molar-refractivity contribution in [3.05, 3.63) is 28.2 Å². The molecule has 1 aliphatic heterocycles. The van der Waals surface area contributed by atoms with Crippen molar-refractivity contribution >= 4 is 15.9 Å². The molecule has 1 heterocycles. The fourth-order valence-electron chi connectivity index (χ4n) is 2.62. The van der Waals surface area contributed by atoms with E-state index < -0.39 is 0 Å². The number of benzene rings is 1. The van der Waals surface area contributed by atoms with E-state index in [1.54, 1.807) is 7.11 Å². The summed E-state index contributed by atoms with van der Waals surface area (Å²) in [4.78, 5) is 0. The van der Waals surface area contributed by atoms with E-state index in [1.165, 1.54) is 5.56 Å². The zero-order valence-corrected chi connectivity index (χ0v) is 14.8. The summed E-state index contributed by atoms with van der Waals surface area (Å²) in [6.07, 6.45) is 3.27. The van der Waals surface area contributed by atoms with Gasteiger partial charge in [0.1, 0.15) is 5.75 Å². The van der Waals surface area contributed by atoms with Crippen molar-refractivity contribution in [3.8, 4) is 5.75 Å². The summed E-state index contributed by atoms with van der Waals surface area (Å²) in [5, 5.41) is 3.74. The first-order valence-corrected chi connectivity index (χ1v) is 8.46. The summed E-state index contributed by atoms with van der Waals surface area (Å²) in [6.45, 7) is 7.17. The average Bonchev–Trinajstić information content (AvgIpc) is 2.65. The number of ether oxygens (including phenoxy) is 2. The van der Waals surface area contributed by atoms with E-state index in [1.807, 2.05) is 0 Å². The number of halogens is 1. The molecule has 0 radical (unpaired) electrons. The second kappa shape index (κ2) is 7.61. The van der Waals surface area contributed by atoms with Crippen LogP contribution in [0.5, 0.6) is 5.75 Å². The minimum atomic E-state index is 0.235. The van der Waals surface area contributed by atoms with Gasteiger partial charge in [-0.05, 0) is 36.8 Å². The molecule has 4 heteroatoms. The molecule has 1 unspecified atom stereocenters. The van der Waals surface area contributed by atoms with Crippen LogP contribution in [0.15, 0.2) is 22.7 Å². The highest BCUT2D eigenvalue weighted by Gasteiger charge is 2.23. The van der Waals surface area contributed by atoms with E-state index in [0.717, 1.165) is 49.2 Å². The largest absolute Gasteiger partial charge is 0.493 e. The molecule has 1 aliphatic rings. The Morgan fingerprint density at radius 3 is 3.00 bits per heavy atom. The van der Waals surface area contributed by atoms with Crippen molar-refractivity contribution in [1.29, 1.82) is 0 Å². The lowest BCUT2D eigenvalue weighted by molar-refractivity contribution is 0.148. The molecule has 118 valence electrons. The van der Waals surface area contributed by atoms with E-state index in [9.17, 15) is 0 Å². The standard InChI is InChI=1S/C17H26BrNO2/c1-17(2,8-10-20-3)12-19-15-5-4-9-21-16-11-13(18)6-7-14(15)16/h6-7,11,15,19H,4-5,8-10,12H2,1-3H3. The summed E-state index contributed by atoms with van der Waals surface area (Å²) < 4.78 is 12.1. The van der Waals surface area contributed by atoms with Gasteiger partial charge in [0.25, 0.3) is 0 Å². The molecule has 1 aromatic rings. The molecular weight excluding hydrogens is 330 g/mol. The van der Waals surface area contributed by atoms with Gasteiger partial charge in [0.2, 0.25) is 0 Å². The molecule has 0 aliphatic carbocycles. The predicted molar refractivity (Wildman–Crippen MR) is 89.9 cm³/mol. The van der Waals surface area contributed by atoms with Gasteiger partial charge in [0.05, 0.1) is 6.61 Å². The van der Waals surface area contributed by atoms with Gasteiger partial charge >= 0.3 is 0 Å². The first-order chi connectivity index (χ1) is 10.0. The van der Waals surface area contributed by atoms with Crippen LogP contribution in [-0.4, -0.2) is 26.9 Å². The first kappa shape index (κ1) is 16.8. The Balaban J connectivity index is 2.03. The second-order valence-electron chi connectivity index (χ2n) is 6.51. The molecule has 1 N–H and O–H groups in total. The minimum absolute atomic E-state index is 0.235. The summed E-state index contributed by atoms with van der Waals surface area (Å²) in [5.74, 6) is 1.01. The molecule has 1 atom stereocenters. The fourth-order valence-corrected chi connectivity index (χ4v) is 2.96. The van der Waals surface area contributed by atoms with Gasteiger partial charge in [-0.25, -0.2) is 0 Å². The van der Waals surface area contributed by atoms with Crippen LogP contribution in [0.3, 0.4) is 0 Å². The monoisotopic (exact) mass is 355 g/mol. The highest BCUT2D eigenvalue weighted by molar-refractivity contribution is 9.10. The van der Waals surface area contributed by atoms with Crippen LogP contribution in [0.1, 0.15) is 44.7 Å². The van der Waals surface area contributed by atoms with Gasteiger partial charge in [-0.3, -0.25) is 0 Å². The molecule has 2 rings (SSSR count). The van der Waals surface area contributed by atoms with E-state index >= 15 is 0 Å². The van der Waals surface area contributed by atoms with Gasteiger partial charge < -0.3 is 14.8 Å². The molecule has 1 aromatic carbocycles. The number of hydrogen-bond donors (Lipinski definition) is 1. The SMILES string of the molecule is COCCC(C)(C)CNC1CCCOc2cc(Br)ccc21. The number of rotatable bonds is 6. The number of nitrogens with one attached hydrogen (secondary N) is 1. The summed E-state index contributed by atoms with van der Waals surface area (Å²) >= 11 is 3.52. The maximum Gasteiger partial charge on any atom is 0.125 e. The third-order valence-corrected chi connectivity index (χ3v) is 4.55. The summed E-state index contributed by atoms with van der Waals surface area (Å²) in [6, 6.07) is 6.71. The maximum atomic E-state index is 5.87. The van der Waals surface area contributed by atoms with Crippen LogP contribution < -0.4 is 10.1 Å². The average molecular weight is 356 g/mol. The smallest absolute Gasteiger partial charge is 0.125 e. The van der Waals surface area contributed by atoms with Crippen molar-refractivity contribution in [2.75, 3.05) is 26.9 Å². The first-order valence-electron chi connectivity index (χ1n) is 7.66. The van der Waals surface area contributed by atoms with Crippen LogP contribution in [0.4, 0.5) is 0 Å². The lowest BCUT2D eigenvalue weighted by Crippen LogP contribution is -2.33. The molecule has 0 fully saturated rings. The van der Waals surface area contributed by atoms with Crippen molar-refractivity contribution in [3.63, 3.8) is 0 Å². The van der Waals surface area contributed by atoms with Crippen molar-refractivity contribution in [2.24, 2.45) is 5.41 Å². The summed E-state index contributed by atoms with van der Waals surface area (Å²) in [5.41, 5.74) is 1.51. The highest BCUT2D eigenvalue weighted by atomic mass is 79.9. The molecule has 0 saturated carbocycles. The van der Waals surface area contributed by atoms with Crippen molar-refractivity contribution < 1.29 is 9.47 Å². The normalized spacial score (nSPS) is 18.8. The number of methoxy groups -OCH3 is 1. The van der Waals surface area contributed by atoms with Gasteiger partial charge in [0.15, 0.2) is 0 Å². The van der Waals surface area contributed by atoms with Gasteiger partial charge in [-0.15, -0.1) is 0 Å². The van der Waals surface area contributed by atoms with Crippen LogP contribution >= 0.6 is 15.9 Å². The predicted octanol–water partition coefficient (Wildman–Crippen LogP) is 4.32. The topological polar surface area (TPSA) is 30.5 Å².